The molecule has 0 atom stereocenters. The number of ether oxygens (including phenoxy) is 3. The molecule has 0 aliphatic heterocycles. The number of aliphatic hydroxyl groups is 4. The van der Waals surface area contributed by atoms with E-state index < -0.39 is 12.2 Å². The predicted molar refractivity (Wildman–Crippen MR) is 110 cm³/mol. The lowest BCUT2D eigenvalue weighted by atomic mass is 10.1. The van der Waals surface area contributed by atoms with Gasteiger partial charge in [-0.1, -0.05) is 11.6 Å². The molecule has 0 spiro atoms. The summed E-state index contributed by atoms with van der Waals surface area (Å²) in [5.41, 5.74) is 0.677. The third-order valence-electron chi connectivity index (χ3n) is 4.56. The number of hydrogen-bond acceptors (Lipinski definition) is 10. The van der Waals surface area contributed by atoms with E-state index in [9.17, 15) is 4.79 Å². The average molecular weight is 448 g/mol. The molecule has 31 heavy (non-hydrogen) atoms. The van der Waals surface area contributed by atoms with Crippen molar-refractivity contribution in [3.05, 3.63) is 11.9 Å². The van der Waals surface area contributed by atoms with Crippen LogP contribution in [0.1, 0.15) is 38.3 Å². The number of unbranched alkanes of at least 4 members (excludes halogenated alkanes) is 2. The fraction of sp³-hybridized carbons (Fsp3) is 0.850. The molecule has 0 saturated carbocycles. The number of carbonyl (C=O) groups excluding carboxylic acids is 1. The van der Waals surface area contributed by atoms with Crippen LogP contribution in [0.15, 0.2) is 6.20 Å². The van der Waals surface area contributed by atoms with Crippen LogP contribution in [0.5, 0.6) is 0 Å². The number of aromatic nitrogens is 3. The van der Waals surface area contributed by atoms with E-state index in [1.807, 2.05) is 6.20 Å². The van der Waals surface area contributed by atoms with Gasteiger partial charge in [-0.3, -0.25) is 4.68 Å². The minimum absolute atomic E-state index is 0.169. The second kappa shape index (κ2) is 17.1. The summed E-state index contributed by atoms with van der Waals surface area (Å²) in [6, 6.07) is 0. The summed E-state index contributed by atoms with van der Waals surface area (Å²) in [7, 11) is 0. The van der Waals surface area contributed by atoms with Crippen molar-refractivity contribution in [3.8, 4) is 0 Å². The molecule has 1 rings (SSSR count). The summed E-state index contributed by atoms with van der Waals surface area (Å²) >= 11 is 0. The molecule has 11 heteroatoms. The lowest BCUT2D eigenvalue weighted by Crippen LogP contribution is -2.32. The number of aliphatic hydroxyl groups excluding tert-OH is 4. The minimum Gasteiger partial charge on any atom is -0.394 e. The van der Waals surface area contributed by atoms with Crippen LogP contribution in [-0.4, -0.2) is 99.7 Å². The molecule has 0 radical (unpaired) electrons. The Balaban J connectivity index is 2.39. The molecule has 0 aliphatic rings. The molecule has 180 valence electrons. The number of ketones is 1. The van der Waals surface area contributed by atoms with Gasteiger partial charge in [-0.2, -0.15) is 0 Å². The first-order valence-electron chi connectivity index (χ1n) is 10.6. The van der Waals surface area contributed by atoms with Gasteiger partial charge in [-0.15, -0.1) is 5.10 Å². The fourth-order valence-electron chi connectivity index (χ4n) is 2.68. The molecular formula is C20H37N3O8. The number of carbonyl (C=O) groups is 1. The number of rotatable bonds is 20. The lowest BCUT2D eigenvalue weighted by molar-refractivity contribution is -0.117. The molecule has 1 aromatic rings. The number of aryl methyl sites for hydroxylation is 1. The van der Waals surface area contributed by atoms with Gasteiger partial charge in [0.1, 0.15) is 23.7 Å². The highest BCUT2D eigenvalue weighted by molar-refractivity contribution is 5.75. The summed E-state index contributed by atoms with van der Waals surface area (Å²) < 4.78 is 18.3. The topological polar surface area (TPSA) is 156 Å². The van der Waals surface area contributed by atoms with Crippen molar-refractivity contribution in [2.45, 2.75) is 58.0 Å². The van der Waals surface area contributed by atoms with Crippen LogP contribution in [0.2, 0.25) is 0 Å². The Bertz CT molecular complexity index is 563. The van der Waals surface area contributed by atoms with E-state index >= 15 is 0 Å². The van der Waals surface area contributed by atoms with E-state index in [0.717, 1.165) is 25.8 Å². The normalized spacial score (nSPS) is 11.9. The SMILES string of the molecule is CC(=O)CCCCCn1cc(COCC(COC(CO)CO)COC(CO)CO)nn1. The van der Waals surface area contributed by atoms with Crippen LogP contribution < -0.4 is 0 Å². The van der Waals surface area contributed by atoms with Gasteiger partial charge in [0.25, 0.3) is 0 Å². The number of Topliss-reactive ketones (excluding diaryl/α,β-unsaturated/α-hetero) is 1. The molecule has 1 aromatic heterocycles. The smallest absolute Gasteiger partial charge is 0.129 e. The molecule has 0 aromatic carbocycles. The molecular weight excluding hydrogens is 410 g/mol. The summed E-state index contributed by atoms with van der Waals surface area (Å²) in [4.78, 5) is 10.9. The zero-order valence-electron chi connectivity index (χ0n) is 18.3. The van der Waals surface area contributed by atoms with Crippen LogP contribution in [0.25, 0.3) is 0 Å². The molecule has 0 bridgehead atoms. The maximum absolute atomic E-state index is 10.9. The van der Waals surface area contributed by atoms with Gasteiger partial charge in [0.2, 0.25) is 0 Å². The Morgan fingerprint density at radius 2 is 1.58 bits per heavy atom. The second-order valence-electron chi connectivity index (χ2n) is 7.51. The summed E-state index contributed by atoms with van der Waals surface area (Å²) in [5.74, 6) is -0.0294. The average Bonchev–Trinajstić information content (AvgIpc) is 3.21. The Labute approximate surface area is 182 Å². The molecule has 1 heterocycles. The first kappa shape index (κ1) is 27.6. The van der Waals surface area contributed by atoms with Crippen molar-refractivity contribution >= 4 is 5.78 Å². The van der Waals surface area contributed by atoms with Gasteiger partial charge >= 0.3 is 0 Å². The van der Waals surface area contributed by atoms with Crippen LogP contribution >= 0.6 is 0 Å². The zero-order chi connectivity index (χ0) is 22.9. The summed E-state index contributed by atoms with van der Waals surface area (Å²) in [6.45, 7) is 1.93. The minimum atomic E-state index is -0.690. The highest BCUT2D eigenvalue weighted by atomic mass is 16.5. The second-order valence-corrected chi connectivity index (χ2v) is 7.51. The Kier molecular flexibility index (Phi) is 15.2. The van der Waals surface area contributed by atoms with E-state index in [2.05, 4.69) is 10.3 Å². The lowest BCUT2D eigenvalue weighted by Gasteiger charge is -2.22. The maximum Gasteiger partial charge on any atom is 0.129 e. The van der Waals surface area contributed by atoms with Gasteiger partial charge in [0, 0.05) is 18.9 Å². The Morgan fingerprint density at radius 1 is 0.968 bits per heavy atom. The van der Waals surface area contributed by atoms with Crippen LogP contribution in [-0.2, 0) is 32.2 Å². The van der Waals surface area contributed by atoms with Gasteiger partial charge in [0.05, 0.1) is 59.1 Å². The first-order valence-corrected chi connectivity index (χ1v) is 10.6. The van der Waals surface area contributed by atoms with Crippen LogP contribution in [0.4, 0.5) is 0 Å². The molecule has 0 saturated heterocycles. The van der Waals surface area contributed by atoms with Crippen molar-refractivity contribution in [1.82, 2.24) is 15.0 Å². The van der Waals surface area contributed by atoms with Gasteiger partial charge in [-0.05, 0) is 19.8 Å². The van der Waals surface area contributed by atoms with E-state index in [-0.39, 0.29) is 64.6 Å². The molecule has 0 amide bonds. The summed E-state index contributed by atoms with van der Waals surface area (Å²) in [5, 5.41) is 44.7. The Hall–Kier alpha value is -1.47. The highest BCUT2D eigenvalue weighted by Gasteiger charge is 2.17. The van der Waals surface area contributed by atoms with Crippen molar-refractivity contribution in [2.75, 3.05) is 46.2 Å². The van der Waals surface area contributed by atoms with Crippen molar-refractivity contribution in [1.29, 1.82) is 0 Å². The predicted octanol–water partition coefficient (Wildman–Crippen LogP) is -0.700. The van der Waals surface area contributed by atoms with E-state index in [4.69, 9.17) is 34.6 Å². The van der Waals surface area contributed by atoms with Crippen LogP contribution in [0, 0.1) is 5.92 Å². The standard InChI is InChI=1S/C20H37N3O8/c1-16(28)5-3-2-4-6-23-7-18(21-22-23)15-29-12-17(13-30-19(8-24)9-25)14-31-20(10-26)11-27/h7,17,19-20,24-27H,2-6,8-15H2,1H3. The molecule has 0 unspecified atom stereocenters. The quantitative estimate of drug-likeness (QED) is 0.188. The number of nitrogens with zero attached hydrogens (tertiary/aromatic N) is 3. The number of hydrogen-bond donors (Lipinski definition) is 4. The molecule has 4 N–H and O–H groups in total. The Morgan fingerprint density at radius 3 is 2.13 bits per heavy atom. The zero-order valence-corrected chi connectivity index (χ0v) is 18.3. The maximum atomic E-state index is 10.9. The largest absolute Gasteiger partial charge is 0.394 e. The third-order valence-corrected chi connectivity index (χ3v) is 4.56. The van der Waals surface area contributed by atoms with E-state index in [1.165, 1.54) is 0 Å². The third kappa shape index (κ3) is 12.9. The first-order chi connectivity index (χ1) is 15.0. The fourth-order valence-corrected chi connectivity index (χ4v) is 2.68. The van der Waals surface area contributed by atoms with Gasteiger partial charge in [-0.25, -0.2) is 0 Å². The molecule has 0 aliphatic carbocycles. The van der Waals surface area contributed by atoms with Crippen molar-refractivity contribution < 1.29 is 39.4 Å². The van der Waals surface area contributed by atoms with E-state index in [1.54, 1.807) is 11.6 Å². The van der Waals surface area contributed by atoms with E-state index in [0.29, 0.717) is 12.1 Å². The van der Waals surface area contributed by atoms with Crippen molar-refractivity contribution in [3.63, 3.8) is 0 Å². The summed E-state index contributed by atoms with van der Waals surface area (Å²) in [6.07, 6.45) is 3.80. The van der Waals surface area contributed by atoms with Crippen LogP contribution in [0.3, 0.4) is 0 Å². The molecule has 11 nitrogen and oxygen atoms in total. The highest BCUT2D eigenvalue weighted by Crippen LogP contribution is 2.08. The van der Waals surface area contributed by atoms with Gasteiger partial charge in [0.15, 0.2) is 0 Å². The monoisotopic (exact) mass is 447 g/mol. The van der Waals surface area contributed by atoms with Crippen molar-refractivity contribution in [2.24, 2.45) is 5.92 Å². The molecule has 0 fully saturated rings. The van der Waals surface area contributed by atoms with Gasteiger partial charge < -0.3 is 39.4 Å².